The van der Waals surface area contributed by atoms with Crippen molar-refractivity contribution in [2.75, 3.05) is 24.6 Å². The first-order chi connectivity index (χ1) is 11.7. The molecule has 1 aromatic carbocycles. The minimum atomic E-state index is -0.00217. The SMILES string of the molecule is Cc1ccsc1C(=O)NCc1ccc(N2CCC(CO)CC2)cc1. The lowest BCUT2D eigenvalue weighted by molar-refractivity contribution is 0.0954. The summed E-state index contributed by atoms with van der Waals surface area (Å²) in [5.74, 6) is 0.453. The number of thiophene rings is 1. The van der Waals surface area contributed by atoms with Gasteiger partial charge < -0.3 is 15.3 Å². The van der Waals surface area contributed by atoms with Gasteiger partial charge in [0.25, 0.3) is 5.91 Å². The third kappa shape index (κ3) is 3.97. The number of carbonyl (C=O) groups is 1. The number of benzene rings is 1. The lowest BCUT2D eigenvalue weighted by atomic mass is 9.97. The highest BCUT2D eigenvalue weighted by Crippen LogP contribution is 2.23. The molecule has 4 nitrogen and oxygen atoms in total. The third-order valence-corrected chi connectivity index (χ3v) is 5.71. The number of aryl methyl sites for hydroxylation is 1. The molecule has 0 spiro atoms. The van der Waals surface area contributed by atoms with Gasteiger partial charge in [-0.1, -0.05) is 12.1 Å². The second-order valence-corrected chi connectivity index (χ2v) is 7.31. The summed E-state index contributed by atoms with van der Waals surface area (Å²) in [6, 6.07) is 10.4. The van der Waals surface area contributed by atoms with Crippen LogP contribution in [0.1, 0.15) is 33.6 Å². The summed E-state index contributed by atoms with van der Waals surface area (Å²) in [6.45, 7) is 4.80. The van der Waals surface area contributed by atoms with Crippen LogP contribution in [0.5, 0.6) is 0 Å². The van der Waals surface area contributed by atoms with E-state index in [1.165, 1.54) is 17.0 Å². The fourth-order valence-electron chi connectivity index (χ4n) is 3.07. The van der Waals surface area contributed by atoms with E-state index >= 15 is 0 Å². The summed E-state index contributed by atoms with van der Waals surface area (Å²) >= 11 is 1.48. The lowest BCUT2D eigenvalue weighted by Crippen LogP contribution is -2.34. The number of anilines is 1. The molecule has 2 aromatic rings. The highest BCUT2D eigenvalue weighted by molar-refractivity contribution is 7.12. The maximum atomic E-state index is 12.1. The maximum Gasteiger partial charge on any atom is 0.261 e. The molecule has 1 saturated heterocycles. The third-order valence-electron chi connectivity index (χ3n) is 4.70. The van der Waals surface area contributed by atoms with Gasteiger partial charge in [0.15, 0.2) is 0 Å². The minimum Gasteiger partial charge on any atom is -0.396 e. The number of carbonyl (C=O) groups excluding carboxylic acids is 1. The normalized spacial score (nSPS) is 15.5. The zero-order chi connectivity index (χ0) is 16.9. The molecule has 1 fully saturated rings. The van der Waals surface area contributed by atoms with E-state index in [0.717, 1.165) is 41.9 Å². The minimum absolute atomic E-state index is 0.00217. The Bertz CT molecular complexity index is 673. The topological polar surface area (TPSA) is 52.6 Å². The predicted octanol–water partition coefficient (Wildman–Crippen LogP) is 3.20. The van der Waals surface area contributed by atoms with E-state index in [1.807, 2.05) is 18.4 Å². The van der Waals surface area contributed by atoms with Gasteiger partial charge in [0, 0.05) is 31.9 Å². The van der Waals surface area contributed by atoms with E-state index in [9.17, 15) is 9.90 Å². The van der Waals surface area contributed by atoms with Gasteiger partial charge in [-0.3, -0.25) is 4.79 Å². The van der Waals surface area contributed by atoms with Crippen LogP contribution in [0.2, 0.25) is 0 Å². The highest BCUT2D eigenvalue weighted by Gasteiger charge is 2.18. The van der Waals surface area contributed by atoms with E-state index in [2.05, 4.69) is 34.5 Å². The Balaban J connectivity index is 1.53. The monoisotopic (exact) mass is 344 g/mol. The van der Waals surface area contributed by atoms with Crippen LogP contribution >= 0.6 is 11.3 Å². The van der Waals surface area contributed by atoms with Crippen LogP contribution in [0.15, 0.2) is 35.7 Å². The molecule has 1 amide bonds. The van der Waals surface area contributed by atoms with Crippen molar-refractivity contribution < 1.29 is 9.90 Å². The van der Waals surface area contributed by atoms with Gasteiger partial charge in [0.05, 0.1) is 4.88 Å². The highest BCUT2D eigenvalue weighted by atomic mass is 32.1. The average molecular weight is 344 g/mol. The fourth-order valence-corrected chi connectivity index (χ4v) is 3.91. The molecule has 2 N–H and O–H groups in total. The Hall–Kier alpha value is -1.85. The van der Waals surface area contributed by atoms with Crippen molar-refractivity contribution in [1.82, 2.24) is 5.32 Å². The molecule has 2 heterocycles. The number of aliphatic hydroxyl groups excluding tert-OH is 1. The molecule has 0 saturated carbocycles. The quantitative estimate of drug-likeness (QED) is 0.876. The number of hydrogen-bond acceptors (Lipinski definition) is 4. The van der Waals surface area contributed by atoms with Crippen molar-refractivity contribution >= 4 is 22.9 Å². The Kier molecular flexibility index (Phi) is 5.53. The first-order valence-corrected chi connectivity index (χ1v) is 9.32. The van der Waals surface area contributed by atoms with Crippen LogP contribution < -0.4 is 10.2 Å². The number of nitrogens with one attached hydrogen (secondary N) is 1. The zero-order valence-electron chi connectivity index (χ0n) is 14.0. The van der Waals surface area contributed by atoms with Gasteiger partial charge in [-0.15, -0.1) is 11.3 Å². The van der Waals surface area contributed by atoms with E-state index < -0.39 is 0 Å². The molecule has 1 aliphatic rings. The molecule has 0 unspecified atom stereocenters. The van der Waals surface area contributed by atoms with Gasteiger partial charge >= 0.3 is 0 Å². The van der Waals surface area contributed by atoms with E-state index in [1.54, 1.807) is 0 Å². The molecule has 128 valence electrons. The number of aliphatic hydroxyl groups is 1. The molecule has 0 aliphatic carbocycles. The van der Waals surface area contributed by atoms with Crippen LogP contribution in [0.3, 0.4) is 0 Å². The average Bonchev–Trinajstić information content (AvgIpc) is 3.06. The van der Waals surface area contributed by atoms with Gasteiger partial charge in [0.2, 0.25) is 0 Å². The number of piperidine rings is 1. The van der Waals surface area contributed by atoms with Crippen molar-refractivity contribution in [3.63, 3.8) is 0 Å². The summed E-state index contributed by atoms with van der Waals surface area (Å²) in [7, 11) is 0. The van der Waals surface area contributed by atoms with Crippen molar-refractivity contribution in [1.29, 1.82) is 0 Å². The van der Waals surface area contributed by atoms with Crippen LogP contribution in [0.25, 0.3) is 0 Å². The zero-order valence-corrected chi connectivity index (χ0v) is 14.8. The Morgan fingerprint density at radius 2 is 1.96 bits per heavy atom. The molecular weight excluding hydrogens is 320 g/mol. The number of rotatable bonds is 5. The molecule has 0 atom stereocenters. The van der Waals surface area contributed by atoms with Crippen molar-refractivity contribution in [3.8, 4) is 0 Å². The molecule has 0 radical (unpaired) electrons. The second-order valence-electron chi connectivity index (χ2n) is 6.39. The number of nitrogens with zero attached hydrogens (tertiary/aromatic N) is 1. The first kappa shape index (κ1) is 17.0. The van der Waals surface area contributed by atoms with Gasteiger partial charge in [0.1, 0.15) is 0 Å². The smallest absolute Gasteiger partial charge is 0.261 e. The van der Waals surface area contributed by atoms with Gasteiger partial charge in [-0.2, -0.15) is 0 Å². The Morgan fingerprint density at radius 1 is 1.25 bits per heavy atom. The summed E-state index contributed by atoms with van der Waals surface area (Å²) in [5.41, 5.74) is 3.35. The fraction of sp³-hybridized carbons (Fsp3) is 0.421. The summed E-state index contributed by atoms with van der Waals surface area (Å²) in [4.78, 5) is 15.3. The van der Waals surface area contributed by atoms with E-state index in [0.29, 0.717) is 19.1 Å². The summed E-state index contributed by atoms with van der Waals surface area (Å²) in [5, 5.41) is 14.1. The Morgan fingerprint density at radius 3 is 2.54 bits per heavy atom. The predicted molar refractivity (Wildman–Crippen MR) is 98.7 cm³/mol. The van der Waals surface area contributed by atoms with Crippen molar-refractivity contribution in [2.24, 2.45) is 5.92 Å². The van der Waals surface area contributed by atoms with E-state index in [-0.39, 0.29) is 5.91 Å². The Labute approximate surface area is 147 Å². The molecule has 24 heavy (non-hydrogen) atoms. The number of hydrogen-bond donors (Lipinski definition) is 2. The summed E-state index contributed by atoms with van der Waals surface area (Å²) < 4.78 is 0. The lowest BCUT2D eigenvalue weighted by Gasteiger charge is -2.33. The standard InChI is InChI=1S/C19H24N2O2S/c1-14-8-11-24-18(14)19(23)20-12-15-2-4-17(5-3-15)21-9-6-16(13-22)7-10-21/h2-5,8,11,16,22H,6-7,9-10,12-13H2,1H3,(H,20,23). The molecule has 0 bridgehead atoms. The van der Waals surface area contributed by atoms with Crippen LogP contribution in [-0.4, -0.2) is 30.7 Å². The molecule has 1 aromatic heterocycles. The van der Waals surface area contributed by atoms with Crippen LogP contribution in [-0.2, 0) is 6.54 Å². The van der Waals surface area contributed by atoms with Gasteiger partial charge in [-0.25, -0.2) is 0 Å². The molecular formula is C19H24N2O2S. The molecule has 1 aliphatic heterocycles. The van der Waals surface area contributed by atoms with Crippen LogP contribution in [0, 0.1) is 12.8 Å². The largest absolute Gasteiger partial charge is 0.396 e. The van der Waals surface area contributed by atoms with Gasteiger partial charge in [-0.05, 0) is 60.4 Å². The molecule has 5 heteroatoms. The van der Waals surface area contributed by atoms with E-state index in [4.69, 9.17) is 0 Å². The molecule has 3 rings (SSSR count). The summed E-state index contributed by atoms with van der Waals surface area (Å²) in [6.07, 6.45) is 2.10. The van der Waals surface area contributed by atoms with Crippen LogP contribution in [0.4, 0.5) is 5.69 Å². The maximum absolute atomic E-state index is 12.1. The van der Waals surface area contributed by atoms with Crippen molar-refractivity contribution in [2.45, 2.75) is 26.3 Å². The van der Waals surface area contributed by atoms with Crippen molar-refractivity contribution in [3.05, 3.63) is 51.7 Å². The second kappa shape index (κ2) is 7.81. The first-order valence-electron chi connectivity index (χ1n) is 8.44. The number of amides is 1.